The highest BCUT2D eigenvalue weighted by Crippen LogP contribution is 2.41. The summed E-state index contributed by atoms with van der Waals surface area (Å²) in [4.78, 5) is 3.62. The number of hydrogen-bond acceptors (Lipinski definition) is 0. The van der Waals surface area contributed by atoms with Gasteiger partial charge in [-0.3, -0.25) is 0 Å². The number of rotatable bonds is 1. The van der Waals surface area contributed by atoms with Crippen LogP contribution in [0.3, 0.4) is 0 Å². The Kier molecular flexibility index (Phi) is 1.82. The van der Waals surface area contributed by atoms with Gasteiger partial charge >= 0.3 is 0 Å². The summed E-state index contributed by atoms with van der Waals surface area (Å²) in [6.07, 6.45) is 8.52. The lowest BCUT2D eigenvalue weighted by molar-refractivity contribution is 0.705. The molecular weight excluding hydrogens is 206 g/mol. The molecule has 1 aromatic heterocycles. The smallest absolute Gasteiger partial charge is 0.0465 e. The first kappa shape index (κ1) is 9.52. The Morgan fingerprint density at radius 2 is 2.12 bits per heavy atom. The van der Waals surface area contributed by atoms with E-state index in [1.54, 1.807) is 0 Å². The van der Waals surface area contributed by atoms with E-state index in [4.69, 9.17) is 0 Å². The number of nitrogens with one attached hydrogen (secondary N) is 1. The summed E-state index contributed by atoms with van der Waals surface area (Å²) >= 11 is 0. The van der Waals surface area contributed by atoms with Crippen LogP contribution in [0.25, 0.3) is 17.0 Å². The van der Waals surface area contributed by atoms with E-state index in [0.29, 0.717) is 5.92 Å². The topological polar surface area (TPSA) is 15.8 Å². The van der Waals surface area contributed by atoms with E-state index in [0.717, 1.165) is 12.3 Å². The van der Waals surface area contributed by atoms with E-state index >= 15 is 0 Å². The van der Waals surface area contributed by atoms with Gasteiger partial charge < -0.3 is 4.98 Å². The summed E-state index contributed by atoms with van der Waals surface area (Å²) in [5.41, 5.74) is 5.69. The number of aromatic amines is 1. The molecule has 1 atom stereocenters. The molecule has 0 saturated heterocycles. The Morgan fingerprint density at radius 3 is 2.94 bits per heavy atom. The molecule has 1 heteroatoms. The van der Waals surface area contributed by atoms with Crippen molar-refractivity contribution in [1.29, 1.82) is 0 Å². The van der Waals surface area contributed by atoms with Gasteiger partial charge in [-0.2, -0.15) is 0 Å². The van der Waals surface area contributed by atoms with Gasteiger partial charge in [0.05, 0.1) is 0 Å². The van der Waals surface area contributed by atoms with Crippen molar-refractivity contribution in [2.45, 2.75) is 32.1 Å². The van der Waals surface area contributed by atoms with Gasteiger partial charge in [-0.25, -0.2) is 0 Å². The maximum atomic E-state index is 3.62. The van der Waals surface area contributed by atoms with Gasteiger partial charge in [0, 0.05) is 22.2 Å². The molecule has 1 nitrogen and oxygen atoms in total. The summed E-state index contributed by atoms with van der Waals surface area (Å²) in [5, 5.41) is 1.40. The fourth-order valence-electron chi connectivity index (χ4n) is 2.97. The zero-order valence-electron chi connectivity index (χ0n) is 10.2. The Labute approximate surface area is 102 Å². The molecule has 0 spiro atoms. The first-order valence-corrected chi connectivity index (χ1v) is 6.64. The van der Waals surface area contributed by atoms with E-state index in [2.05, 4.69) is 42.3 Å². The van der Waals surface area contributed by atoms with Gasteiger partial charge in [-0.05, 0) is 42.7 Å². The zero-order chi connectivity index (χ0) is 11.4. The van der Waals surface area contributed by atoms with E-state index in [1.807, 2.05) is 0 Å². The van der Waals surface area contributed by atoms with Gasteiger partial charge in [-0.1, -0.05) is 31.2 Å². The summed E-state index contributed by atoms with van der Waals surface area (Å²) in [5.74, 6) is 1.51. The molecular formula is C16H17N. The molecule has 2 aliphatic carbocycles. The van der Waals surface area contributed by atoms with Crippen LogP contribution in [-0.2, 0) is 6.42 Å². The molecule has 0 aliphatic heterocycles. The molecule has 1 unspecified atom stereocenters. The van der Waals surface area contributed by atoms with Crippen LogP contribution in [0, 0.1) is 5.92 Å². The fraction of sp³-hybridized carbons (Fsp3) is 0.375. The minimum absolute atomic E-state index is 0.665. The van der Waals surface area contributed by atoms with Crippen molar-refractivity contribution in [3.8, 4) is 0 Å². The lowest BCUT2D eigenvalue weighted by Crippen LogP contribution is -2.01. The Balaban J connectivity index is 1.90. The molecule has 86 valence electrons. The van der Waals surface area contributed by atoms with Crippen LogP contribution in [0.2, 0.25) is 0 Å². The maximum Gasteiger partial charge on any atom is 0.0465 e. The van der Waals surface area contributed by atoms with Crippen molar-refractivity contribution in [3.05, 3.63) is 41.1 Å². The second-order valence-corrected chi connectivity index (χ2v) is 5.64. The number of fused-ring (bicyclic) bond motifs is 3. The van der Waals surface area contributed by atoms with Crippen LogP contribution < -0.4 is 0 Å². The molecule has 1 saturated carbocycles. The molecule has 17 heavy (non-hydrogen) atoms. The predicted molar refractivity (Wildman–Crippen MR) is 72.2 cm³/mol. The molecule has 0 radical (unpaired) electrons. The highest BCUT2D eigenvalue weighted by molar-refractivity contribution is 5.91. The van der Waals surface area contributed by atoms with Gasteiger partial charge in [0.1, 0.15) is 0 Å². The quantitative estimate of drug-likeness (QED) is 0.744. The largest absolute Gasteiger partial charge is 0.358 e. The van der Waals surface area contributed by atoms with E-state index in [1.165, 1.54) is 40.6 Å². The number of aromatic nitrogens is 1. The number of H-pyrrole nitrogens is 1. The summed E-state index contributed by atoms with van der Waals surface area (Å²) in [6, 6.07) is 6.99. The van der Waals surface area contributed by atoms with Crippen LogP contribution in [-0.4, -0.2) is 4.98 Å². The van der Waals surface area contributed by atoms with Crippen LogP contribution in [0.15, 0.2) is 24.3 Å². The lowest BCUT2D eigenvalue weighted by atomic mass is 9.95. The summed E-state index contributed by atoms with van der Waals surface area (Å²) < 4.78 is 0. The van der Waals surface area contributed by atoms with Crippen molar-refractivity contribution in [2.24, 2.45) is 5.92 Å². The maximum absolute atomic E-state index is 3.62. The average Bonchev–Trinajstić information content (AvgIpc) is 3.10. The van der Waals surface area contributed by atoms with Crippen molar-refractivity contribution in [2.75, 3.05) is 0 Å². The average molecular weight is 223 g/mol. The number of allylic oxidation sites excluding steroid dienone is 1. The Hall–Kier alpha value is -1.50. The van der Waals surface area contributed by atoms with E-state index < -0.39 is 0 Å². The van der Waals surface area contributed by atoms with Crippen molar-refractivity contribution in [3.63, 3.8) is 0 Å². The molecule has 2 aromatic rings. The Bertz CT molecular complexity index is 614. The molecule has 4 rings (SSSR count). The van der Waals surface area contributed by atoms with Gasteiger partial charge in [0.2, 0.25) is 0 Å². The molecule has 1 aromatic carbocycles. The lowest BCUT2D eigenvalue weighted by Gasteiger charge is -2.11. The van der Waals surface area contributed by atoms with Crippen LogP contribution in [0.4, 0.5) is 0 Å². The molecule has 2 aliphatic rings. The first-order valence-electron chi connectivity index (χ1n) is 6.64. The van der Waals surface area contributed by atoms with Gasteiger partial charge in [0.15, 0.2) is 0 Å². The fourth-order valence-corrected chi connectivity index (χ4v) is 2.97. The highest BCUT2D eigenvalue weighted by atomic mass is 14.7. The molecule has 0 bridgehead atoms. The van der Waals surface area contributed by atoms with Gasteiger partial charge in [0.25, 0.3) is 0 Å². The molecule has 1 fully saturated rings. The summed E-state index contributed by atoms with van der Waals surface area (Å²) in [6.45, 7) is 2.28. The third-order valence-corrected chi connectivity index (χ3v) is 4.11. The summed E-state index contributed by atoms with van der Waals surface area (Å²) in [7, 11) is 0. The SMILES string of the molecule is CC1C=Cc2c([nH]c3cc(C4CC4)ccc23)C1. The molecule has 1 N–H and O–H groups in total. The monoisotopic (exact) mass is 223 g/mol. The first-order chi connectivity index (χ1) is 8.31. The predicted octanol–water partition coefficient (Wildman–Crippen LogP) is 4.25. The molecule has 0 amide bonds. The zero-order valence-corrected chi connectivity index (χ0v) is 10.2. The van der Waals surface area contributed by atoms with Crippen molar-refractivity contribution < 1.29 is 0 Å². The third-order valence-electron chi connectivity index (χ3n) is 4.11. The minimum Gasteiger partial charge on any atom is -0.358 e. The standard InChI is InChI=1S/C16H17N/c1-10-2-6-13-14-7-5-12(11-3-4-11)9-16(14)17-15(13)8-10/h2,5-7,9-11,17H,3-4,8H2,1H3. The molecule has 1 heterocycles. The number of hydrogen-bond donors (Lipinski definition) is 1. The van der Waals surface area contributed by atoms with Crippen molar-refractivity contribution >= 4 is 17.0 Å². The Morgan fingerprint density at radius 1 is 1.24 bits per heavy atom. The van der Waals surface area contributed by atoms with Crippen LogP contribution >= 0.6 is 0 Å². The van der Waals surface area contributed by atoms with Crippen LogP contribution in [0.5, 0.6) is 0 Å². The second-order valence-electron chi connectivity index (χ2n) is 5.64. The highest BCUT2D eigenvalue weighted by Gasteiger charge is 2.24. The second kappa shape index (κ2) is 3.25. The third kappa shape index (κ3) is 1.45. The normalized spacial score (nSPS) is 23.0. The van der Waals surface area contributed by atoms with Crippen molar-refractivity contribution in [1.82, 2.24) is 4.98 Å². The minimum atomic E-state index is 0.665. The van der Waals surface area contributed by atoms with Crippen LogP contribution in [0.1, 0.15) is 42.5 Å². The van der Waals surface area contributed by atoms with Gasteiger partial charge in [-0.15, -0.1) is 0 Å². The number of benzene rings is 1. The van der Waals surface area contributed by atoms with E-state index in [9.17, 15) is 0 Å². The van der Waals surface area contributed by atoms with E-state index in [-0.39, 0.29) is 0 Å².